The summed E-state index contributed by atoms with van der Waals surface area (Å²) in [6, 6.07) is 4.85. The number of aromatic carboxylic acids is 1. The van der Waals surface area contributed by atoms with Crippen LogP contribution in [0.2, 0.25) is 0 Å². The average Bonchev–Trinajstić information content (AvgIpc) is 2.28. The SMILES string of the molecule is Cc1cc(C(=O)O)cc(Sc2nccc(C)n2)n1. The smallest absolute Gasteiger partial charge is 0.335 e. The van der Waals surface area contributed by atoms with Gasteiger partial charge in [-0.25, -0.2) is 19.7 Å². The summed E-state index contributed by atoms with van der Waals surface area (Å²) in [5.74, 6) is -0.965. The Hall–Kier alpha value is -1.95. The van der Waals surface area contributed by atoms with Crippen LogP contribution in [0.4, 0.5) is 0 Å². The van der Waals surface area contributed by atoms with Crippen LogP contribution in [0.5, 0.6) is 0 Å². The predicted octanol–water partition coefficient (Wildman–Crippen LogP) is 2.34. The molecule has 92 valence electrons. The van der Waals surface area contributed by atoms with Crippen molar-refractivity contribution in [3.63, 3.8) is 0 Å². The zero-order chi connectivity index (χ0) is 13.1. The van der Waals surface area contributed by atoms with Crippen LogP contribution in [-0.2, 0) is 0 Å². The molecule has 0 unspecified atom stereocenters. The van der Waals surface area contributed by atoms with E-state index in [1.807, 2.05) is 6.92 Å². The van der Waals surface area contributed by atoms with Crippen molar-refractivity contribution in [1.29, 1.82) is 0 Å². The third-order valence-electron chi connectivity index (χ3n) is 2.15. The first kappa shape index (κ1) is 12.5. The molecule has 0 aliphatic rings. The van der Waals surface area contributed by atoms with E-state index in [2.05, 4.69) is 15.0 Å². The predicted molar refractivity (Wildman–Crippen MR) is 66.8 cm³/mol. The Balaban J connectivity index is 2.31. The molecule has 0 aliphatic carbocycles. The molecule has 2 aromatic heterocycles. The Morgan fingerprint density at radius 2 is 2.00 bits per heavy atom. The van der Waals surface area contributed by atoms with Crippen molar-refractivity contribution < 1.29 is 9.90 Å². The molecule has 0 fully saturated rings. The zero-order valence-corrected chi connectivity index (χ0v) is 10.7. The molecule has 5 nitrogen and oxygen atoms in total. The first-order valence-corrected chi connectivity index (χ1v) is 6.06. The van der Waals surface area contributed by atoms with Crippen molar-refractivity contribution in [2.24, 2.45) is 0 Å². The van der Waals surface area contributed by atoms with E-state index in [-0.39, 0.29) is 5.56 Å². The fraction of sp³-hybridized carbons (Fsp3) is 0.167. The molecule has 0 saturated carbocycles. The minimum absolute atomic E-state index is 0.220. The fourth-order valence-corrected chi connectivity index (χ4v) is 2.25. The van der Waals surface area contributed by atoms with E-state index in [4.69, 9.17) is 5.11 Å². The van der Waals surface area contributed by atoms with Crippen molar-refractivity contribution >= 4 is 17.7 Å². The Bertz CT molecular complexity index is 602. The second-order valence-corrected chi connectivity index (χ2v) is 4.71. The van der Waals surface area contributed by atoms with Crippen molar-refractivity contribution in [3.8, 4) is 0 Å². The summed E-state index contributed by atoms with van der Waals surface area (Å²) in [5, 5.41) is 10.1. The van der Waals surface area contributed by atoms with Crippen LogP contribution >= 0.6 is 11.8 Å². The third kappa shape index (κ3) is 3.04. The highest BCUT2D eigenvalue weighted by Gasteiger charge is 2.09. The van der Waals surface area contributed by atoms with E-state index in [0.717, 1.165) is 5.69 Å². The lowest BCUT2D eigenvalue weighted by atomic mass is 10.2. The number of nitrogens with zero attached hydrogens (tertiary/aromatic N) is 3. The number of carbonyl (C=O) groups is 1. The number of hydrogen-bond donors (Lipinski definition) is 1. The highest BCUT2D eigenvalue weighted by molar-refractivity contribution is 7.99. The molecule has 0 bridgehead atoms. The number of aromatic nitrogens is 3. The van der Waals surface area contributed by atoms with Crippen molar-refractivity contribution in [2.45, 2.75) is 24.0 Å². The van der Waals surface area contributed by atoms with Crippen molar-refractivity contribution in [3.05, 3.63) is 41.3 Å². The molecule has 0 spiro atoms. The van der Waals surface area contributed by atoms with E-state index >= 15 is 0 Å². The molecule has 2 rings (SSSR count). The maximum atomic E-state index is 10.9. The zero-order valence-electron chi connectivity index (χ0n) is 9.91. The summed E-state index contributed by atoms with van der Waals surface area (Å²) in [5.41, 5.74) is 1.74. The van der Waals surface area contributed by atoms with Gasteiger partial charge in [-0.15, -0.1) is 0 Å². The quantitative estimate of drug-likeness (QED) is 0.855. The number of carboxylic acid groups (broad SMARTS) is 1. The summed E-state index contributed by atoms with van der Waals surface area (Å²) >= 11 is 1.25. The van der Waals surface area contributed by atoms with Crippen LogP contribution in [0.1, 0.15) is 21.7 Å². The molecule has 0 aliphatic heterocycles. The van der Waals surface area contributed by atoms with Gasteiger partial charge in [0.25, 0.3) is 0 Å². The lowest BCUT2D eigenvalue weighted by Gasteiger charge is -2.03. The van der Waals surface area contributed by atoms with Gasteiger partial charge in [-0.2, -0.15) is 0 Å². The van der Waals surface area contributed by atoms with Gasteiger partial charge in [-0.3, -0.25) is 0 Å². The first-order valence-electron chi connectivity index (χ1n) is 5.24. The minimum atomic E-state index is -0.965. The van der Waals surface area contributed by atoms with Gasteiger partial charge in [0, 0.05) is 17.6 Å². The number of carboxylic acids is 1. The van der Waals surface area contributed by atoms with Gasteiger partial charge < -0.3 is 5.11 Å². The molecule has 0 atom stereocenters. The molecule has 18 heavy (non-hydrogen) atoms. The van der Waals surface area contributed by atoms with Gasteiger partial charge in [-0.05, 0) is 43.8 Å². The summed E-state index contributed by atoms with van der Waals surface area (Å²) < 4.78 is 0. The van der Waals surface area contributed by atoms with E-state index in [1.165, 1.54) is 23.9 Å². The van der Waals surface area contributed by atoms with Gasteiger partial charge in [0.2, 0.25) is 0 Å². The molecular formula is C12H11N3O2S. The topological polar surface area (TPSA) is 76.0 Å². The standard InChI is InChI=1S/C12H11N3O2S/c1-7-3-4-13-12(15-7)18-10-6-9(11(16)17)5-8(2)14-10/h3-6H,1-2H3,(H,16,17). The van der Waals surface area contributed by atoms with Crippen LogP contribution in [0, 0.1) is 13.8 Å². The Morgan fingerprint density at radius 1 is 1.22 bits per heavy atom. The second-order valence-electron chi connectivity index (χ2n) is 3.72. The second kappa shape index (κ2) is 5.14. The van der Waals surface area contributed by atoms with Crippen LogP contribution in [0.15, 0.2) is 34.6 Å². The van der Waals surface area contributed by atoms with Gasteiger partial charge >= 0.3 is 5.97 Å². The minimum Gasteiger partial charge on any atom is -0.478 e. The molecule has 2 aromatic rings. The van der Waals surface area contributed by atoms with E-state index in [0.29, 0.717) is 15.9 Å². The van der Waals surface area contributed by atoms with Gasteiger partial charge in [0.1, 0.15) is 5.03 Å². The Kier molecular flexibility index (Phi) is 3.57. The molecule has 2 heterocycles. The van der Waals surface area contributed by atoms with Crippen LogP contribution in [-0.4, -0.2) is 26.0 Å². The average molecular weight is 261 g/mol. The summed E-state index contributed by atoms with van der Waals surface area (Å²) in [7, 11) is 0. The Labute approximate surface area is 108 Å². The van der Waals surface area contributed by atoms with E-state index < -0.39 is 5.97 Å². The van der Waals surface area contributed by atoms with Crippen molar-refractivity contribution in [2.75, 3.05) is 0 Å². The lowest BCUT2D eigenvalue weighted by molar-refractivity contribution is 0.0696. The number of rotatable bonds is 3. The highest BCUT2D eigenvalue weighted by atomic mass is 32.2. The number of hydrogen-bond acceptors (Lipinski definition) is 5. The van der Waals surface area contributed by atoms with E-state index in [1.54, 1.807) is 19.2 Å². The first-order chi connectivity index (χ1) is 8.54. The van der Waals surface area contributed by atoms with Gasteiger partial charge in [0.15, 0.2) is 5.16 Å². The molecule has 0 radical (unpaired) electrons. The monoisotopic (exact) mass is 261 g/mol. The normalized spacial score (nSPS) is 10.3. The maximum Gasteiger partial charge on any atom is 0.335 e. The van der Waals surface area contributed by atoms with E-state index in [9.17, 15) is 4.79 Å². The Morgan fingerprint density at radius 3 is 2.67 bits per heavy atom. The summed E-state index contributed by atoms with van der Waals surface area (Å²) in [4.78, 5) is 23.5. The number of aryl methyl sites for hydroxylation is 2. The summed E-state index contributed by atoms with van der Waals surface area (Å²) in [6.07, 6.45) is 1.67. The molecular weight excluding hydrogens is 250 g/mol. The molecule has 0 saturated heterocycles. The maximum absolute atomic E-state index is 10.9. The summed E-state index contributed by atoms with van der Waals surface area (Å²) in [6.45, 7) is 3.63. The highest BCUT2D eigenvalue weighted by Crippen LogP contribution is 2.23. The van der Waals surface area contributed by atoms with Crippen LogP contribution in [0.25, 0.3) is 0 Å². The van der Waals surface area contributed by atoms with Gasteiger partial charge in [-0.1, -0.05) is 0 Å². The lowest BCUT2D eigenvalue weighted by Crippen LogP contribution is -1.99. The molecule has 6 heteroatoms. The van der Waals surface area contributed by atoms with Crippen LogP contribution < -0.4 is 0 Å². The van der Waals surface area contributed by atoms with Crippen molar-refractivity contribution in [1.82, 2.24) is 15.0 Å². The fourth-order valence-electron chi connectivity index (χ4n) is 1.38. The molecule has 0 amide bonds. The van der Waals surface area contributed by atoms with Gasteiger partial charge in [0.05, 0.1) is 5.56 Å². The molecule has 0 aromatic carbocycles. The number of pyridine rings is 1. The third-order valence-corrected chi connectivity index (χ3v) is 2.94. The largest absolute Gasteiger partial charge is 0.478 e. The molecule has 1 N–H and O–H groups in total. The van der Waals surface area contributed by atoms with Crippen LogP contribution in [0.3, 0.4) is 0 Å².